The quantitative estimate of drug-likeness (QED) is 0.743. The van der Waals surface area contributed by atoms with E-state index in [-0.39, 0.29) is 42.5 Å². The Labute approximate surface area is 144 Å². The Balaban J connectivity index is 1.52. The summed E-state index contributed by atoms with van der Waals surface area (Å²) in [6.07, 6.45) is 8.48. The maximum Gasteiger partial charge on any atom is 0.233 e. The Morgan fingerprint density at radius 2 is 1.54 bits per heavy atom. The third kappa shape index (κ3) is 3.35. The van der Waals surface area contributed by atoms with Gasteiger partial charge in [0, 0.05) is 26.1 Å². The molecule has 5 heteroatoms. The van der Waals surface area contributed by atoms with Crippen molar-refractivity contribution >= 4 is 17.7 Å². The highest BCUT2D eigenvalue weighted by atomic mass is 16.2. The molecule has 0 N–H and O–H groups in total. The first-order valence-corrected chi connectivity index (χ1v) is 9.60. The lowest BCUT2D eigenvalue weighted by Crippen LogP contribution is -2.41. The fourth-order valence-electron chi connectivity index (χ4n) is 4.67. The van der Waals surface area contributed by atoms with Crippen LogP contribution in [0.2, 0.25) is 0 Å². The lowest BCUT2D eigenvalue weighted by atomic mass is 9.81. The van der Waals surface area contributed by atoms with E-state index in [1.807, 2.05) is 11.9 Å². The zero-order valence-corrected chi connectivity index (χ0v) is 15.0. The molecule has 1 aliphatic heterocycles. The van der Waals surface area contributed by atoms with Gasteiger partial charge in [0.25, 0.3) is 0 Å². The number of rotatable bonds is 4. The molecule has 134 valence electrons. The SMILES string of the molecule is CC1CCC(N(C)C(=O)CCN2C(=O)C3CCCCC3C2=O)CC1. The largest absolute Gasteiger partial charge is 0.343 e. The van der Waals surface area contributed by atoms with Gasteiger partial charge in [-0.1, -0.05) is 19.8 Å². The van der Waals surface area contributed by atoms with Crippen molar-refractivity contribution in [2.24, 2.45) is 17.8 Å². The molecule has 0 spiro atoms. The van der Waals surface area contributed by atoms with E-state index in [9.17, 15) is 14.4 Å². The topological polar surface area (TPSA) is 57.7 Å². The number of carbonyl (C=O) groups excluding carboxylic acids is 3. The molecule has 5 nitrogen and oxygen atoms in total. The zero-order chi connectivity index (χ0) is 17.3. The van der Waals surface area contributed by atoms with Crippen LogP contribution in [0.4, 0.5) is 0 Å². The fourth-order valence-corrected chi connectivity index (χ4v) is 4.67. The second-order valence-corrected chi connectivity index (χ2v) is 7.99. The van der Waals surface area contributed by atoms with E-state index in [1.165, 1.54) is 17.7 Å². The van der Waals surface area contributed by atoms with Crippen LogP contribution in [-0.4, -0.2) is 47.2 Å². The molecule has 1 heterocycles. The molecule has 0 aromatic rings. The lowest BCUT2D eigenvalue weighted by molar-refractivity contribution is -0.141. The molecule has 2 atom stereocenters. The van der Waals surface area contributed by atoms with Crippen LogP contribution in [0.15, 0.2) is 0 Å². The van der Waals surface area contributed by atoms with Crippen molar-refractivity contribution < 1.29 is 14.4 Å². The van der Waals surface area contributed by atoms with Crippen molar-refractivity contribution in [3.05, 3.63) is 0 Å². The zero-order valence-electron chi connectivity index (χ0n) is 15.0. The highest BCUT2D eigenvalue weighted by molar-refractivity contribution is 6.05. The summed E-state index contributed by atoms with van der Waals surface area (Å²) in [6, 6.07) is 0.321. The van der Waals surface area contributed by atoms with Crippen molar-refractivity contribution in [1.82, 2.24) is 9.80 Å². The van der Waals surface area contributed by atoms with Gasteiger partial charge in [0.15, 0.2) is 0 Å². The summed E-state index contributed by atoms with van der Waals surface area (Å²) in [5, 5.41) is 0. The van der Waals surface area contributed by atoms with E-state index in [0.717, 1.165) is 44.4 Å². The van der Waals surface area contributed by atoms with Crippen molar-refractivity contribution in [3.63, 3.8) is 0 Å². The number of hydrogen-bond donors (Lipinski definition) is 0. The molecule has 0 radical (unpaired) electrons. The Bertz CT molecular complexity index is 487. The van der Waals surface area contributed by atoms with Gasteiger partial charge in [0.1, 0.15) is 0 Å². The monoisotopic (exact) mass is 334 g/mol. The first kappa shape index (κ1) is 17.4. The van der Waals surface area contributed by atoms with E-state index < -0.39 is 0 Å². The van der Waals surface area contributed by atoms with Gasteiger partial charge in [-0.15, -0.1) is 0 Å². The maximum absolute atomic E-state index is 12.5. The van der Waals surface area contributed by atoms with Crippen LogP contribution >= 0.6 is 0 Å². The summed E-state index contributed by atoms with van der Waals surface area (Å²) in [5.41, 5.74) is 0. The van der Waals surface area contributed by atoms with Crippen LogP contribution in [0.5, 0.6) is 0 Å². The van der Waals surface area contributed by atoms with Crippen molar-refractivity contribution in [2.45, 2.75) is 70.8 Å². The molecule has 2 unspecified atom stereocenters. The lowest BCUT2D eigenvalue weighted by Gasteiger charge is -2.34. The number of hydrogen-bond acceptors (Lipinski definition) is 3. The Kier molecular flexibility index (Phi) is 5.26. The number of nitrogens with zero attached hydrogens (tertiary/aromatic N) is 2. The van der Waals surface area contributed by atoms with Crippen molar-refractivity contribution in [2.75, 3.05) is 13.6 Å². The van der Waals surface area contributed by atoms with Crippen LogP contribution in [0.3, 0.4) is 0 Å². The number of amides is 3. The number of carbonyl (C=O) groups is 3. The van der Waals surface area contributed by atoms with Gasteiger partial charge >= 0.3 is 0 Å². The molecule has 2 aliphatic carbocycles. The average molecular weight is 334 g/mol. The normalized spacial score (nSPS) is 33.5. The molecular formula is C19H30N2O3. The molecule has 3 rings (SSSR count). The Hall–Kier alpha value is -1.39. The van der Waals surface area contributed by atoms with E-state index >= 15 is 0 Å². The molecule has 3 aliphatic rings. The predicted molar refractivity (Wildman–Crippen MR) is 91.0 cm³/mol. The highest BCUT2D eigenvalue weighted by Crippen LogP contribution is 2.38. The van der Waals surface area contributed by atoms with Gasteiger partial charge in [-0.2, -0.15) is 0 Å². The predicted octanol–water partition coefficient (Wildman–Crippen LogP) is 2.59. The second kappa shape index (κ2) is 7.24. The fraction of sp³-hybridized carbons (Fsp3) is 0.842. The average Bonchev–Trinajstić information content (AvgIpc) is 2.84. The van der Waals surface area contributed by atoms with E-state index in [2.05, 4.69) is 6.92 Å². The second-order valence-electron chi connectivity index (χ2n) is 7.99. The summed E-state index contributed by atoms with van der Waals surface area (Å²) in [7, 11) is 1.87. The molecule has 24 heavy (non-hydrogen) atoms. The van der Waals surface area contributed by atoms with Gasteiger partial charge < -0.3 is 4.90 Å². The van der Waals surface area contributed by atoms with Crippen molar-refractivity contribution in [1.29, 1.82) is 0 Å². The van der Waals surface area contributed by atoms with E-state index in [1.54, 1.807) is 0 Å². The molecule has 3 amide bonds. The molecular weight excluding hydrogens is 304 g/mol. The first-order valence-electron chi connectivity index (χ1n) is 9.60. The number of fused-ring (bicyclic) bond motifs is 1. The summed E-state index contributed by atoms with van der Waals surface area (Å²) in [5.74, 6) is 0.522. The van der Waals surface area contributed by atoms with E-state index in [4.69, 9.17) is 0 Å². The molecule has 2 saturated carbocycles. The Morgan fingerprint density at radius 1 is 1.00 bits per heavy atom. The first-order chi connectivity index (χ1) is 11.5. The molecule has 3 fully saturated rings. The minimum absolute atomic E-state index is 0.0355. The number of imide groups is 1. The number of likely N-dealkylation sites (tertiary alicyclic amines) is 1. The maximum atomic E-state index is 12.5. The van der Waals surface area contributed by atoms with Crippen LogP contribution in [0, 0.1) is 17.8 Å². The smallest absolute Gasteiger partial charge is 0.233 e. The van der Waals surface area contributed by atoms with Crippen LogP contribution in [0.1, 0.15) is 64.7 Å². The van der Waals surface area contributed by atoms with Crippen molar-refractivity contribution in [3.8, 4) is 0 Å². The third-order valence-corrected chi connectivity index (χ3v) is 6.41. The minimum atomic E-state index is -0.112. The van der Waals surface area contributed by atoms with Crippen LogP contribution in [-0.2, 0) is 14.4 Å². The highest BCUT2D eigenvalue weighted by Gasteiger charge is 2.47. The molecule has 0 aromatic carbocycles. The third-order valence-electron chi connectivity index (χ3n) is 6.41. The summed E-state index contributed by atoms with van der Waals surface area (Å²) < 4.78 is 0. The van der Waals surface area contributed by atoms with E-state index in [0.29, 0.717) is 6.04 Å². The van der Waals surface area contributed by atoms with Gasteiger partial charge in [-0.25, -0.2) is 0 Å². The Morgan fingerprint density at radius 3 is 2.08 bits per heavy atom. The molecule has 1 saturated heterocycles. The van der Waals surface area contributed by atoms with Gasteiger partial charge in [-0.05, 0) is 44.4 Å². The summed E-state index contributed by atoms with van der Waals surface area (Å²) in [4.78, 5) is 40.6. The van der Waals surface area contributed by atoms with Gasteiger partial charge in [0.05, 0.1) is 11.8 Å². The molecule has 0 aromatic heterocycles. The summed E-state index contributed by atoms with van der Waals surface area (Å²) >= 11 is 0. The van der Waals surface area contributed by atoms with Gasteiger partial charge in [0.2, 0.25) is 17.7 Å². The van der Waals surface area contributed by atoms with Crippen LogP contribution in [0.25, 0.3) is 0 Å². The molecule has 0 bridgehead atoms. The standard InChI is InChI=1S/C19H30N2O3/c1-13-7-9-14(10-8-13)20(2)17(22)11-12-21-18(23)15-5-3-4-6-16(15)19(21)24/h13-16H,3-12H2,1-2H3. The minimum Gasteiger partial charge on any atom is -0.343 e. The van der Waals surface area contributed by atoms with Crippen LogP contribution < -0.4 is 0 Å². The summed E-state index contributed by atoms with van der Waals surface area (Å²) in [6.45, 7) is 2.53. The van der Waals surface area contributed by atoms with Gasteiger partial charge in [-0.3, -0.25) is 19.3 Å².